The second-order valence-corrected chi connectivity index (χ2v) is 3.52. The predicted molar refractivity (Wildman–Crippen MR) is 50.2 cm³/mol. The van der Waals surface area contributed by atoms with E-state index in [1.54, 1.807) is 0 Å². The second-order valence-electron chi connectivity index (χ2n) is 2.77. The fourth-order valence-corrected chi connectivity index (χ4v) is 1.76. The molecule has 0 N–H and O–H groups in total. The highest BCUT2D eigenvalue weighted by atomic mass is 79.9. The van der Waals surface area contributed by atoms with Crippen molar-refractivity contribution in [1.82, 2.24) is 14.4 Å². The Kier molecular flexibility index (Phi) is 1.65. The van der Waals surface area contributed by atoms with Crippen LogP contribution in [0.25, 0.3) is 5.65 Å². The standard InChI is InChI=1S/C8H8BrN3/c1-5-4-12-6(2)3-10-8(12)7(9)11-5/h3-4H,1-2H3. The fourth-order valence-electron chi connectivity index (χ4n) is 1.18. The van der Waals surface area contributed by atoms with Crippen molar-refractivity contribution < 1.29 is 0 Å². The van der Waals surface area contributed by atoms with Crippen LogP contribution in [0.5, 0.6) is 0 Å². The molecule has 12 heavy (non-hydrogen) atoms. The molecule has 2 aromatic rings. The summed E-state index contributed by atoms with van der Waals surface area (Å²) in [7, 11) is 0. The molecule has 0 amide bonds. The lowest BCUT2D eigenvalue weighted by atomic mass is 10.5. The normalized spacial score (nSPS) is 10.9. The number of halogens is 1. The van der Waals surface area contributed by atoms with E-state index in [-0.39, 0.29) is 0 Å². The van der Waals surface area contributed by atoms with E-state index in [9.17, 15) is 0 Å². The molecule has 2 rings (SSSR count). The fraction of sp³-hybridized carbons (Fsp3) is 0.250. The second kappa shape index (κ2) is 2.55. The molecule has 2 aromatic heterocycles. The molecule has 2 heterocycles. The molecule has 62 valence electrons. The molecular weight excluding hydrogens is 218 g/mol. The van der Waals surface area contributed by atoms with Crippen LogP contribution in [0, 0.1) is 13.8 Å². The SMILES string of the molecule is Cc1cn2c(C)cnc2c(Br)n1. The molecule has 0 aliphatic carbocycles. The van der Waals surface area contributed by atoms with Crippen molar-refractivity contribution in [1.29, 1.82) is 0 Å². The molecule has 0 atom stereocenters. The Bertz CT molecular complexity index is 433. The Labute approximate surface area is 78.6 Å². The van der Waals surface area contributed by atoms with Gasteiger partial charge in [-0.25, -0.2) is 9.97 Å². The summed E-state index contributed by atoms with van der Waals surface area (Å²) < 4.78 is 2.82. The molecule has 0 aromatic carbocycles. The molecule has 0 saturated carbocycles. The highest BCUT2D eigenvalue weighted by Crippen LogP contribution is 2.15. The number of imidazole rings is 1. The maximum atomic E-state index is 4.25. The van der Waals surface area contributed by atoms with Crippen LogP contribution in [0.4, 0.5) is 0 Å². The van der Waals surface area contributed by atoms with Crippen LogP contribution < -0.4 is 0 Å². The van der Waals surface area contributed by atoms with Gasteiger partial charge >= 0.3 is 0 Å². The largest absolute Gasteiger partial charge is 0.300 e. The van der Waals surface area contributed by atoms with Gasteiger partial charge in [0, 0.05) is 18.1 Å². The van der Waals surface area contributed by atoms with Crippen molar-refractivity contribution >= 4 is 21.6 Å². The number of hydrogen-bond donors (Lipinski definition) is 0. The van der Waals surface area contributed by atoms with Gasteiger partial charge < -0.3 is 4.40 Å². The lowest BCUT2D eigenvalue weighted by Crippen LogP contribution is -1.93. The average Bonchev–Trinajstić information content (AvgIpc) is 2.33. The van der Waals surface area contributed by atoms with Crippen molar-refractivity contribution in [2.45, 2.75) is 13.8 Å². The summed E-state index contributed by atoms with van der Waals surface area (Å²) in [6, 6.07) is 0. The van der Waals surface area contributed by atoms with Crippen LogP contribution in [0.3, 0.4) is 0 Å². The van der Waals surface area contributed by atoms with Gasteiger partial charge in [-0.2, -0.15) is 0 Å². The maximum Gasteiger partial charge on any atom is 0.170 e. The molecule has 0 fully saturated rings. The zero-order valence-corrected chi connectivity index (χ0v) is 8.46. The summed E-state index contributed by atoms with van der Waals surface area (Å²) in [5.41, 5.74) is 2.98. The number of nitrogens with zero attached hydrogens (tertiary/aromatic N) is 3. The molecule has 0 aliphatic rings. The van der Waals surface area contributed by atoms with Crippen molar-refractivity contribution in [2.75, 3.05) is 0 Å². The van der Waals surface area contributed by atoms with Gasteiger partial charge in [0.2, 0.25) is 0 Å². The van der Waals surface area contributed by atoms with Crippen molar-refractivity contribution in [3.63, 3.8) is 0 Å². The summed E-state index contributed by atoms with van der Waals surface area (Å²) in [5.74, 6) is 0. The summed E-state index contributed by atoms with van der Waals surface area (Å²) in [5, 5.41) is 0. The van der Waals surface area contributed by atoms with Gasteiger partial charge in [-0.15, -0.1) is 0 Å². The van der Waals surface area contributed by atoms with Crippen LogP contribution in [0.1, 0.15) is 11.4 Å². The monoisotopic (exact) mass is 225 g/mol. The highest BCUT2D eigenvalue weighted by molar-refractivity contribution is 9.10. The first kappa shape index (κ1) is 7.73. The molecule has 0 radical (unpaired) electrons. The van der Waals surface area contributed by atoms with Gasteiger partial charge in [-0.05, 0) is 29.8 Å². The van der Waals surface area contributed by atoms with E-state index in [0.29, 0.717) is 0 Å². The van der Waals surface area contributed by atoms with E-state index in [1.165, 1.54) is 0 Å². The molecule has 3 nitrogen and oxygen atoms in total. The molecule has 0 aliphatic heterocycles. The van der Waals surface area contributed by atoms with E-state index in [2.05, 4.69) is 25.9 Å². The van der Waals surface area contributed by atoms with E-state index < -0.39 is 0 Å². The van der Waals surface area contributed by atoms with Crippen LogP contribution in [0.2, 0.25) is 0 Å². The Morgan fingerprint density at radius 1 is 1.42 bits per heavy atom. The van der Waals surface area contributed by atoms with Gasteiger partial charge in [0.1, 0.15) is 4.60 Å². The minimum atomic E-state index is 0.801. The van der Waals surface area contributed by atoms with Gasteiger partial charge in [0.25, 0.3) is 0 Å². The van der Waals surface area contributed by atoms with E-state index in [1.807, 2.05) is 30.6 Å². The van der Waals surface area contributed by atoms with E-state index in [4.69, 9.17) is 0 Å². The third-order valence-corrected chi connectivity index (χ3v) is 2.29. The smallest absolute Gasteiger partial charge is 0.170 e. The topological polar surface area (TPSA) is 30.2 Å². The Morgan fingerprint density at radius 2 is 2.17 bits per heavy atom. The van der Waals surface area contributed by atoms with Crippen LogP contribution in [-0.2, 0) is 0 Å². The summed E-state index contributed by atoms with van der Waals surface area (Å²) in [6.07, 6.45) is 3.81. The Balaban J connectivity index is 2.92. The van der Waals surface area contributed by atoms with Gasteiger partial charge in [-0.1, -0.05) is 0 Å². The third-order valence-electron chi connectivity index (χ3n) is 1.76. The third kappa shape index (κ3) is 1.03. The number of aromatic nitrogens is 3. The summed E-state index contributed by atoms with van der Waals surface area (Å²) in [4.78, 5) is 8.46. The first-order valence-electron chi connectivity index (χ1n) is 3.65. The minimum Gasteiger partial charge on any atom is -0.300 e. The molecule has 0 saturated heterocycles. The number of rotatable bonds is 0. The van der Waals surface area contributed by atoms with Crippen LogP contribution in [0.15, 0.2) is 17.0 Å². The summed E-state index contributed by atoms with van der Waals surface area (Å²) >= 11 is 3.37. The van der Waals surface area contributed by atoms with Gasteiger partial charge in [-0.3, -0.25) is 0 Å². The van der Waals surface area contributed by atoms with Crippen LogP contribution >= 0.6 is 15.9 Å². The molecule has 4 heteroatoms. The van der Waals surface area contributed by atoms with E-state index in [0.717, 1.165) is 21.6 Å². The number of fused-ring (bicyclic) bond motifs is 1. The summed E-state index contributed by atoms with van der Waals surface area (Å²) in [6.45, 7) is 3.98. The highest BCUT2D eigenvalue weighted by Gasteiger charge is 2.04. The average molecular weight is 226 g/mol. The first-order valence-corrected chi connectivity index (χ1v) is 4.44. The number of aryl methyl sites for hydroxylation is 2. The van der Waals surface area contributed by atoms with Crippen molar-refractivity contribution in [3.05, 3.63) is 28.4 Å². The lowest BCUT2D eigenvalue weighted by molar-refractivity contribution is 1.02. The van der Waals surface area contributed by atoms with Crippen molar-refractivity contribution in [2.24, 2.45) is 0 Å². The quantitative estimate of drug-likeness (QED) is 0.688. The van der Waals surface area contributed by atoms with Crippen molar-refractivity contribution in [3.8, 4) is 0 Å². The zero-order valence-electron chi connectivity index (χ0n) is 6.87. The molecule has 0 spiro atoms. The molecule has 0 bridgehead atoms. The Hall–Kier alpha value is -0.900. The molecule has 0 unspecified atom stereocenters. The maximum absolute atomic E-state index is 4.25. The minimum absolute atomic E-state index is 0.801. The lowest BCUT2D eigenvalue weighted by Gasteiger charge is -1.99. The predicted octanol–water partition coefficient (Wildman–Crippen LogP) is 2.11. The first-order chi connectivity index (χ1) is 5.68. The molecular formula is C8H8BrN3. The van der Waals surface area contributed by atoms with Gasteiger partial charge in [0.15, 0.2) is 5.65 Å². The van der Waals surface area contributed by atoms with Gasteiger partial charge in [0.05, 0.1) is 5.69 Å². The zero-order chi connectivity index (χ0) is 8.72. The number of hydrogen-bond acceptors (Lipinski definition) is 2. The van der Waals surface area contributed by atoms with E-state index >= 15 is 0 Å². The Morgan fingerprint density at radius 3 is 2.92 bits per heavy atom. The van der Waals surface area contributed by atoms with Crippen LogP contribution in [-0.4, -0.2) is 14.4 Å².